The summed E-state index contributed by atoms with van der Waals surface area (Å²) < 4.78 is 1.20. The molecule has 2 atom stereocenters. The van der Waals surface area contributed by atoms with Gasteiger partial charge in [-0.1, -0.05) is 0 Å². The van der Waals surface area contributed by atoms with Gasteiger partial charge < -0.3 is 10.2 Å². The van der Waals surface area contributed by atoms with E-state index in [0.29, 0.717) is 12.1 Å². The molecule has 4 nitrogen and oxygen atoms in total. The number of hydrogen-bond donors (Lipinski definition) is 1. The van der Waals surface area contributed by atoms with Crippen LogP contribution in [0.3, 0.4) is 0 Å². The van der Waals surface area contributed by atoms with Crippen molar-refractivity contribution in [3.63, 3.8) is 0 Å². The van der Waals surface area contributed by atoms with E-state index in [2.05, 4.69) is 54.5 Å². The summed E-state index contributed by atoms with van der Waals surface area (Å²) in [6.07, 6.45) is 6.00. The molecule has 3 heterocycles. The van der Waals surface area contributed by atoms with Crippen molar-refractivity contribution < 1.29 is 0 Å². The third kappa shape index (κ3) is 3.62. The van der Waals surface area contributed by atoms with Crippen LogP contribution in [0.15, 0.2) is 34.4 Å². The number of halogens is 1. The van der Waals surface area contributed by atoms with E-state index in [-0.39, 0.29) is 0 Å². The second-order valence-electron chi connectivity index (χ2n) is 5.36. The molecule has 1 N–H and O–H groups in total. The highest BCUT2D eigenvalue weighted by atomic mass is 79.9. The molecule has 6 heteroatoms. The molecule has 0 amide bonds. The molecule has 0 radical (unpaired) electrons. The van der Waals surface area contributed by atoms with Crippen LogP contribution < -0.4 is 10.2 Å². The predicted octanol–water partition coefficient (Wildman–Crippen LogP) is 3.62. The zero-order chi connectivity index (χ0) is 14.7. The van der Waals surface area contributed by atoms with Gasteiger partial charge in [-0.2, -0.15) is 0 Å². The van der Waals surface area contributed by atoms with Crippen LogP contribution in [0.1, 0.15) is 30.7 Å². The molecule has 1 saturated heterocycles. The van der Waals surface area contributed by atoms with E-state index in [1.807, 2.05) is 18.5 Å². The molecule has 2 aromatic heterocycles. The van der Waals surface area contributed by atoms with Gasteiger partial charge in [0.15, 0.2) is 0 Å². The Bertz CT molecular complexity index is 574. The number of nitrogens with zero attached hydrogens (tertiary/aromatic N) is 3. The lowest BCUT2D eigenvalue weighted by Crippen LogP contribution is -2.47. The number of aromatic nitrogens is 2. The van der Waals surface area contributed by atoms with Crippen molar-refractivity contribution >= 4 is 33.2 Å². The van der Waals surface area contributed by atoms with Gasteiger partial charge >= 0.3 is 0 Å². The molecule has 3 rings (SSSR count). The number of piperidine rings is 1. The number of thiophene rings is 1. The Morgan fingerprint density at radius 2 is 2.24 bits per heavy atom. The van der Waals surface area contributed by atoms with Crippen LogP contribution in [0.4, 0.5) is 5.95 Å². The van der Waals surface area contributed by atoms with Crippen LogP contribution in [-0.4, -0.2) is 29.1 Å². The summed E-state index contributed by atoms with van der Waals surface area (Å²) in [6.45, 7) is 4.24. The number of anilines is 1. The third-order valence-corrected chi connectivity index (χ3v) is 5.83. The largest absolute Gasteiger partial charge is 0.339 e. The van der Waals surface area contributed by atoms with Crippen molar-refractivity contribution in [2.45, 2.75) is 31.8 Å². The summed E-state index contributed by atoms with van der Waals surface area (Å²) in [5.74, 6) is 0.842. The van der Waals surface area contributed by atoms with Crippen molar-refractivity contribution in [1.82, 2.24) is 15.3 Å². The van der Waals surface area contributed by atoms with Gasteiger partial charge in [-0.25, -0.2) is 9.97 Å². The minimum absolute atomic E-state index is 0.362. The lowest BCUT2D eigenvalue weighted by atomic mass is 10.0. The van der Waals surface area contributed by atoms with Crippen molar-refractivity contribution in [2.24, 2.45) is 0 Å². The van der Waals surface area contributed by atoms with Crippen LogP contribution in [0, 0.1) is 0 Å². The van der Waals surface area contributed by atoms with E-state index in [1.54, 1.807) is 11.3 Å². The van der Waals surface area contributed by atoms with Gasteiger partial charge in [-0.05, 0) is 53.2 Å². The number of nitrogens with one attached hydrogen (secondary N) is 1. The zero-order valence-electron chi connectivity index (χ0n) is 12.0. The SMILES string of the molecule is CC(NC1CCCN(c2ncccn2)C1)c1sccc1Br. The molecule has 0 spiro atoms. The van der Waals surface area contributed by atoms with Crippen molar-refractivity contribution in [3.05, 3.63) is 39.3 Å². The Balaban J connectivity index is 1.63. The van der Waals surface area contributed by atoms with Crippen LogP contribution >= 0.6 is 27.3 Å². The normalized spacial score (nSPS) is 20.5. The summed E-state index contributed by atoms with van der Waals surface area (Å²) in [7, 11) is 0. The Hall–Kier alpha value is -0.980. The molecule has 0 saturated carbocycles. The van der Waals surface area contributed by atoms with Gasteiger partial charge in [0.25, 0.3) is 0 Å². The van der Waals surface area contributed by atoms with Crippen LogP contribution in [-0.2, 0) is 0 Å². The lowest BCUT2D eigenvalue weighted by molar-refractivity contribution is 0.387. The molecule has 1 fully saturated rings. The third-order valence-electron chi connectivity index (χ3n) is 3.78. The first kappa shape index (κ1) is 14.9. The maximum absolute atomic E-state index is 4.36. The highest BCUT2D eigenvalue weighted by Crippen LogP contribution is 2.29. The first-order valence-electron chi connectivity index (χ1n) is 7.25. The van der Waals surface area contributed by atoms with Gasteiger partial charge in [0.1, 0.15) is 0 Å². The maximum Gasteiger partial charge on any atom is 0.225 e. The average Bonchev–Trinajstić information content (AvgIpc) is 2.95. The van der Waals surface area contributed by atoms with Crippen molar-refractivity contribution in [1.29, 1.82) is 0 Å². The van der Waals surface area contributed by atoms with Crippen LogP contribution in [0.2, 0.25) is 0 Å². The van der Waals surface area contributed by atoms with Crippen LogP contribution in [0.5, 0.6) is 0 Å². The van der Waals surface area contributed by atoms with E-state index in [9.17, 15) is 0 Å². The minimum Gasteiger partial charge on any atom is -0.339 e. The minimum atomic E-state index is 0.362. The molecule has 112 valence electrons. The zero-order valence-corrected chi connectivity index (χ0v) is 14.4. The molecule has 0 bridgehead atoms. The Labute approximate surface area is 137 Å². The standard InChI is InChI=1S/C15H19BrN4S/c1-11(14-13(16)5-9-21-14)19-12-4-2-8-20(10-12)15-17-6-3-7-18-15/h3,5-7,9,11-12,19H,2,4,8,10H2,1H3. The Morgan fingerprint density at radius 3 is 2.95 bits per heavy atom. The topological polar surface area (TPSA) is 41.0 Å². The molecule has 0 aliphatic carbocycles. The van der Waals surface area contributed by atoms with E-state index < -0.39 is 0 Å². The molecule has 1 aliphatic rings. The van der Waals surface area contributed by atoms with E-state index >= 15 is 0 Å². The Kier molecular flexibility index (Phi) is 4.87. The fourth-order valence-electron chi connectivity index (χ4n) is 2.79. The van der Waals surface area contributed by atoms with E-state index in [4.69, 9.17) is 0 Å². The summed E-state index contributed by atoms with van der Waals surface area (Å²) in [4.78, 5) is 12.4. The van der Waals surface area contributed by atoms with Gasteiger partial charge in [0.2, 0.25) is 5.95 Å². The number of hydrogen-bond acceptors (Lipinski definition) is 5. The van der Waals surface area contributed by atoms with Gasteiger partial charge in [0.05, 0.1) is 0 Å². The first-order valence-corrected chi connectivity index (χ1v) is 8.92. The molecular weight excluding hydrogens is 348 g/mol. The summed E-state index contributed by atoms with van der Waals surface area (Å²) >= 11 is 5.42. The summed E-state index contributed by atoms with van der Waals surface area (Å²) in [6, 6.07) is 4.82. The first-order chi connectivity index (χ1) is 10.2. The summed E-state index contributed by atoms with van der Waals surface area (Å²) in [5.41, 5.74) is 0. The van der Waals surface area contributed by atoms with Crippen LogP contribution in [0.25, 0.3) is 0 Å². The molecule has 2 aromatic rings. The predicted molar refractivity (Wildman–Crippen MR) is 90.8 cm³/mol. The van der Waals surface area contributed by atoms with Gasteiger partial charge in [-0.15, -0.1) is 11.3 Å². The monoisotopic (exact) mass is 366 g/mol. The van der Waals surface area contributed by atoms with E-state index in [1.165, 1.54) is 22.2 Å². The van der Waals surface area contributed by atoms with Crippen molar-refractivity contribution in [3.8, 4) is 0 Å². The average molecular weight is 367 g/mol. The van der Waals surface area contributed by atoms with E-state index in [0.717, 1.165) is 19.0 Å². The molecule has 21 heavy (non-hydrogen) atoms. The second-order valence-corrected chi connectivity index (χ2v) is 7.16. The fourth-order valence-corrected chi connectivity index (χ4v) is 4.53. The molecular formula is C15H19BrN4S. The maximum atomic E-state index is 4.36. The second kappa shape index (κ2) is 6.85. The van der Waals surface area contributed by atoms with Gasteiger partial charge in [-0.3, -0.25) is 0 Å². The summed E-state index contributed by atoms with van der Waals surface area (Å²) in [5, 5.41) is 5.87. The Morgan fingerprint density at radius 1 is 1.43 bits per heavy atom. The molecule has 2 unspecified atom stereocenters. The van der Waals surface area contributed by atoms with Crippen molar-refractivity contribution in [2.75, 3.05) is 18.0 Å². The fraction of sp³-hybridized carbons (Fsp3) is 0.467. The van der Waals surface area contributed by atoms with Gasteiger partial charge in [0, 0.05) is 46.9 Å². The molecule has 1 aliphatic heterocycles. The highest BCUT2D eigenvalue weighted by Gasteiger charge is 2.23. The smallest absolute Gasteiger partial charge is 0.225 e. The molecule has 0 aromatic carbocycles. The number of rotatable bonds is 4. The quantitative estimate of drug-likeness (QED) is 0.896. The highest BCUT2D eigenvalue weighted by molar-refractivity contribution is 9.10. The lowest BCUT2D eigenvalue weighted by Gasteiger charge is -2.34.